The van der Waals surface area contributed by atoms with Crippen LogP contribution in [0.5, 0.6) is 0 Å². The van der Waals surface area contributed by atoms with Crippen molar-refractivity contribution in [1.82, 2.24) is 24.7 Å². The quantitative estimate of drug-likeness (QED) is 0.595. The van der Waals surface area contributed by atoms with Crippen LogP contribution in [-0.2, 0) is 7.05 Å². The van der Waals surface area contributed by atoms with Crippen molar-refractivity contribution in [1.29, 1.82) is 0 Å². The molecule has 0 aliphatic rings. The van der Waals surface area contributed by atoms with Crippen LogP contribution in [0.2, 0.25) is 0 Å². The average molecular weight is 344 g/mol. The first kappa shape index (κ1) is 15.8. The lowest BCUT2D eigenvalue weighted by Gasteiger charge is -2.06. The van der Waals surface area contributed by atoms with E-state index in [9.17, 15) is 4.79 Å². The number of aromatic amines is 1. The minimum Gasteiger partial charge on any atom is -0.367 e. The Bertz CT molecular complexity index is 1040. The summed E-state index contributed by atoms with van der Waals surface area (Å²) in [6.45, 7) is 0. The van der Waals surface area contributed by atoms with Gasteiger partial charge >= 0.3 is 0 Å². The van der Waals surface area contributed by atoms with Gasteiger partial charge in [0.1, 0.15) is 11.4 Å². The molecule has 0 aromatic carbocycles. The molecule has 0 unspecified atom stereocenters. The molecule has 0 radical (unpaired) electrons. The normalized spacial score (nSPS) is 10.7. The van der Waals surface area contributed by atoms with Crippen molar-refractivity contribution in [2.75, 3.05) is 5.32 Å². The molecule has 7 nitrogen and oxygen atoms in total. The third-order valence-corrected chi connectivity index (χ3v) is 3.86. The van der Waals surface area contributed by atoms with Gasteiger partial charge in [-0.05, 0) is 30.3 Å². The van der Waals surface area contributed by atoms with Gasteiger partial charge in [-0.25, -0.2) is 4.98 Å². The van der Waals surface area contributed by atoms with E-state index < -0.39 is 0 Å². The van der Waals surface area contributed by atoms with Crippen molar-refractivity contribution in [3.8, 4) is 22.6 Å². The van der Waals surface area contributed by atoms with Crippen LogP contribution in [0.3, 0.4) is 0 Å². The fourth-order valence-electron chi connectivity index (χ4n) is 2.66. The zero-order chi connectivity index (χ0) is 17.9. The van der Waals surface area contributed by atoms with Crippen LogP contribution in [0.4, 0.5) is 5.69 Å². The zero-order valence-corrected chi connectivity index (χ0v) is 14.0. The summed E-state index contributed by atoms with van der Waals surface area (Å²) in [4.78, 5) is 24.4. The van der Waals surface area contributed by atoms with Crippen LogP contribution in [0.25, 0.3) is 22.6 Å². The standard InChI is InChI=1S/C19H16N6O/c1-25-12-17(18(24-25)15-5-2-3-9-21-15)23-19(26)16-7-4-6-14(22-16)13-8-10-20-11-13/h2-12,20H,1H3,(H,23,26). The first-order valence-electron chi connectivity index (χ1n) is 8.07. The largest absolute Gasteiger partial charge is 0.367 e. The summed E-state index contributed by atoms with van der Waals surface area (Å²) in [5, 5.41) is 7.29. The average Bonchev–Trinajstić information content (AvgIpc) is 3.32. The summed E-state index contributed by atoms with van der Waals surface area (Å²) in [6.07, 6.45) is 7.10. The van der Waals surface area contributed by atoms with Crippen LogP contribution >= 0.6 is 0 Å². The summed E-state index contributed by atoms with van der Waals surface area (Å²) in [5.74, 6) is -0.299. The summed E-state index contributed by atoms with van der Waals surface area (Å²) in [6, 6.07) is 12.8. The van der Waals surface area contributed by atoms with E-state index in [2.05, 4.69) is 25.4 Å². The third kappa shape index (κ3) is 3.10. The van der Waals surface area contributed by atoms with E-state index in [4.69, 9.17) is 0 Å². The lowest BCUT2D eigenvalue weighted by Crippen LogP contribution is -2.14. The van der Waals surface area contributed by atoms with Crippen molar-refractivity contribution in [3.05, 3.63) is 72.9 Å². The fourth-order valence-corrected chi connectivity index (χ4v) is 2.66. The number of carbonyl (C=O) groups excluding carboxylic acids is 1. The van der Waals surface area contributed by atoms with Crippen molar-refractivity contribution >= 4 is 11.6 Å². The number of rotatable bonds is 4. The molecular weight excluding hydrogens is 328 g/mol. The Labute approximate surface area is 149 Å². The highest BCUT2D eigenvalue weighted by Crippen LogP contribution is 2.25. The number of H-pyrrole nitrogens is 1. The predicted molar refractivity (Wildman–Crippen MR) is 98.4 cm³/mol. The number of pyridine rings is 2. The van der Waals surface area contributed by atoms with Gasteiger partial charge < -0.3 is 10.3 Å². The highest BCUT2D eigenvalue weighted by atomic mass is 16.1. The van der Waals surface area contributed by atoms with E-state index in [-0.39, 0.29) is 5.91 Å². The third-order valence-electron chi connectivity index (χ3n) is 3.86. The molecule has 4 heterocycles. The van der Waals surface area contributed by atoms with Gasteiger partial charge in [-0.3, -0.25) is 14.5 Å². The van der Waals surface area contributed by atoms with Gasteiger partial charge in [-0.1, -0.05) is 12.1 Å². The van der Waals surface area contributed by atoms with E-state index >= 15 is 0 Å². The van der Waals surface area contributed by atoms with Crippen molar-refractivity contribution in [3.63, 3.8) is 0 Å². The molecule has 4 rings (SSSR count). The number of carbonyl (C=O) groups is 1. The molecule has 128 valence electrons. The van der Waals surface area contributed by atoms with Crippen LogP contribution in [0.1, 0.15) is 10.5 Å². The maximum Gasteiger partial charge on any atom is 0.274 e. The number of aryl methyl sites for hydroxylation is 1. The van der Waals surface area contributed by atoms with Gasteiger partial charge in [0.25, 0.3) is 5.91 Å². The second-order valence-electron chi connectivity index (χ2n) is 5.74. The van der Waals surface area contributed by atoms with Crippen LogP contribution < -0.4 is 5.32 Å². The zero-order valence-electron chi connectivity index (χ0n) is 14.0. The minimum absolute atomic E-state index is 0.299. The number of aromatic nitrogens is 5. The second kappa shape index (κ2) is 6.64. The first-order chi connectivity index (χ1) is 12.7. The predicted octanol–water partition coefficient (Wildman–Crippen LogP) is 3.12. The molecule has 0 atom stereocenters. The lowest BCUT2D eigenvalue weighted by atomic mass is 10.2. The molecule has 4 aromatic rings. The Morgan fingerprint density at radius 3 is 2.77 bits per heavy atom. The Morgan fingerprint density at radius 2 is 2.00 bits per heavy atom. The fraction of sp³-hybridized carbons (Fsp3) is 0.0526. The summed E-state index contributed by atoms with van der Waals surface area (Å²) >= 11 is 0. The van der Waals surface area contributed by atoms with Crippen LogP contribution in [0, 0.1) is 0 Å². The molecule has 0 fully saturated rings. The molecule has 1 amide bonds. The Morgan fingerprint density at radius 1 is 1.12 bits per heavy atom. The lowest BCUT2D eigenvalue weighted by molar-refractivity contribution is 0.102. The topological polar surface area (TPSA) is 88.5 Å². The van der Waals surface area contributed by atoms with E-state index in [0.29, 0.717) is 22.8 Å². The van der Waals surface area contributed by atoms with E-state index in [1.54, 1.807) is 30.2 Å². The first-order valence-corrected chi connectivity index (χ1v) is 8.07. The molecule has 0 saturated carbocycles. The highest BCUT2D eigenvalue weighted by molar-refractivity contribution is 6.04. The smallest absolute Gasteiger partial charge is 0.274 e. The summed E-state index contributed by atoms with van der Waals surface area (Å²) in [7, 11) is 1.80. The molecule has 0 saturated heterocycles. The number of nitrogens with one attached hydrogen (secondary N) is 2. The molecule has 0 spiro atoms. The van der Waals surface area contributed by atoms with E-state index in [0.717, 1.165) is 11.3 Å². The molecule has 7 heteroatoms. The Kier molecular flexibility index (Phi) is 4.03. The highest BCUT2D eigenvalue weighted by Gasteiger charge is 2.16. The van der Waals surface area contributed by atoms with Crippen molar-refractivity contribution < 1.29 is 4.79 Å². The molecule has 2 N–H and O–H groups in total. The van der Waals surface area contributed by atoms with Crippen molar-refractivity contribution in [2.45, 2.75) is 0 Å². The summed E-state index contributed by atoms with van der Waals surface area (Å²) < 4.78 is 1.64. The molecule has 4 aromatic heterocycles. The van der Waals surface area contributed by atoms with E-state index in [1.165, 1.54) is 0 Å². The van der Waals surface area contributed by atoms with Gasteiger partial charge in [0, 0.05) is 37.4 Å². The molecule has 0 bridgehead atoms. The van der Waals surface area contributed by atoms with Crippen molar-refractivity contribution in [2.24, 2.45) is 7.05 Å². The van der Waals surface area contributed by atoms with Gasteiger partial charge in [0.05, 0.1) is 17.1 Å². The molecule has 0 aliphatic heterocycles. The molecule has 0 aliphatic carbocycles. The minimum atomic E-state index is -0.299. The molecule has 26 heavy (non-hydrogen) atoms. The monoisotopic (exact) mass is 344 g/mol. The van der Waals surface area contributed by atoms with Gasteiger partial charge in [0.15, 0.2) is 0 Å². The Balaban J connectivity index is 1.63. The number of anilines is 1. The number of hydrogen-bond acceptors (Lipinski definition) is 4. The summed E-state index contributed by atoms with van der Waals surface area (Å²) in [5.41, 5.74) is 3.88. The van der Waals surface area contributed by atoms with Gasteiger partial charge in [-0.15, -0.1) is 0 Å². The second-order valence-corrected chi connectivity index (χ2v) is 5.74. The number of hydrogen-bond donors (Lipinski definition) is 2. The van der Waals surface area contributed by atoms with Crippen LogP contribution in [-0.4, -0.2) is 30.6 Å². The van der Waals surface area contributed by atoms with Gasteiger partial charge in [0.2, 0.25) is 0 Å². The maximum absolute atomic E-state index is 12.7. The van der Waals surface area contributed by atoms with Gasteiger partial charge in [-0.2, -0.15) is 5.10 Å². The van der Waals surface area contributed by atoms with E-state index in [1.807, 2.05) is 48.8 Å². The maximum atomic E-state index is 12.7. The molecular formula is C19H16N6O. The number of amides is 1. The Hall–Kier alpha value is -3.74. The SMILES string of the molecule is Cn1cc(NC(=O)c2cccc(-c3cc[nH]c3)n2)c(-c2ccccn2)n1. The number of nitrogens with zero attached hydrogens (tertiary/aromatic N) is 4. The van der Waals surface area contributed by atoms with Crippen LogP contribution in [0.15, 0.2) is 67.3 Å².